The van der Waals surface area contributed by atoms with Crippen molar-refractivity contribution in [3.63, 3.8) is 0 Å². The number of fused-ring (bicyclic) bond motifs is 5. The molecule has 11 atom stereocenters. The standard InChI is InChI=1S/C33H49NO6/c1-19(4-11-30(38)34-28(31(39)40)16-20-5-7-21(35)8-6-20)24-9-10-25-23-18-29(37)27-17-22(36)12-14-33(27,3)26(23)13-15-32(24,25)2/h5-8,19,22-29,35-37H,4,9-18H2,1-3H3,(H,34,38)(H,39,40). The number of aliphatic carboxylic acids is 1. The van der Waals surface area contributed by atoms with Crippen LogP contribution in [-0.4, -0.2) is 50.6 Å². The summed E-state index contributed by atoms with van der Waals surface area (Å²) in [5.41, 5.74) is 1.07. The third-order valence-corrected chi connectivity index (χ3v) is 12.2. The van der Waals surface area contributed by atoms with Gasteiger partial charge in [0.25, 0.3) is 0 Å². The summed E-state index contributed by atoms with van der Waals surface area (Å²) in [6.07, 6.45) is 8.80. The molecule has 7 nitrogen and oxygen atoms in total. The molecule has 4 aliphatic rings. The Morgan fingerprint density at radius 2 is 1.62 bits per heavy atom. The number of phenols is 1. The molecule has 4 saturated carbocycles. The number of hydrogen-bond donors (Lipinski definition) is 5. The zero-order valence-electron chi connectivity index (χ0n) is 24.4. The molecule has 0 aromatic heterocycles. The van der Waals surface area contributed by atoms with Crippen molar-refractivity contribution in [1.82, 2.24) is 5.32 Å². The Morgan fingerprint density at radius 1 is 0.950 bits per heavy atom. The second-order valence-corrected chi connectivity index (χ2v) is 14.3. The molecule has 1 amide bonds. The van der Waals surface area contributed by atoms with Crippen LogP contribution in [0.15, 0.2) is 24.3 Å². The molecule has 40 heavy (non-hydrogen) atoms. The lowest BCUT2D eigenvalue weighted by Gasteiger charge is -2.62. The maximum absolute atomic E-state index is 12.8. The summed E-state index contributed by atoms with van der Waals surface area (Å²) < 4.78 is 0. The Bertz CT molecular complexity index is 1080. The lowest BCUT2D eigenvalue weighted by atomic mass is 9.44. The molecule has 0 radical (unpaired) electrons. The number of carbonyl (C=O) groups is 2. The average Bonchev–Trinajstić information content (AvgIpc) is 3.26. The third-order valence-electron chi connectivity index (χ3n) is 12.2. The van der Waals surface area contributed by atoms with Gasteiger partial charge in [-0.15, -0.1) is 0 Å². The minimum absolute atomic E-state index is 0.117. The Kier molecular flexibility index (Phi) is 8.28. The number of aliphatic hydroxyl groups is 2. The third kappa shape index (κ3) is 5.40. The highest BCUT2D eigenvalue weighted by molar-refractivity contribution is 5.83. The fourth-order valence-corrected chi connectivity index (χ4v) is 10.1. The van der Waals surface area contributed by atoms with E-state index in [2.05, 4.69) is 26.1 Å². The number of benzene rings is 1. The Morgan fingerprint density at radius 3 is 2.33 bits per heavy atom. The summed E-state index contributed by atoms with van der Waals surface area (Å²) in [7, 11) is 0. The van der Waals surface area contributed by atoms with Crippen molar-refractivity contribution in [2.24, 2.45) is 46.3 Å². The summed E-state index contributed by atoms with van der Waals surface area (Å²) in [5, 5.41) is 43.5. The number of carboxylic acid groups (broad SMARTS) is 1. The highest BCUT2D eigenvalue weighted by atomic mass is 16.4. The van der Waals surface area contributed by atoms with Crippen molar-refractivity contribution in [1.29, 1.82) is 0 Å². The van der Waals surface area contributed by atoms with Crippen LogP contribution < -0.4 is 5.32 Å². The van der Waals surface area contributed by atoms with E-state index >= 15 is 0 Å². The first kappa shape index (κ1) is 29.4. The molecule has 0 bridgehead atoms. The van der Waals surface area contributed by atoms with E-state index in [0.717, 1.165) is 44.1 Å². The first-order valence-electron chi connectivity index (χ1n) is 15.6. The van der Waals surface area contributed by atoms with Crippen molar-refractivity contribution in [3.05, 3.63) is 29.8 Å². The monoisotopic (exact) mass is 555 g/mol. The van der Waals surface area contributed by atoms with Crippen molar-refractivity contribution in [3.8, 4) is 5.75 Å². The first-order chi connectivity index (χ1) is 18.9. The van der Waals surface area contributed by atoms with Crippen LogP contribution in [0.25, 0.3) is 0 Å². The lowest BCUT2D eigenvalue weighted by Crippen LogP contribution is -2.58. The van der Waals surface area contributed by atoms with E-state index in [1.165, 1.54) is 31.4 Å². The summed E-state index contributed by atoms with van der Waals surface area (Å²) in [6.45, 7) is 7.12. The molecular weight excluding hydrogens is 506 g/mol. The topological polar surface area (TPSA) is 127 Å². The zero-order chi connectivity index (χ0) is 28.8. The van der Waals surface area contributed by atoms with E-state index in [9.17, 15) is 30.0 Å². The van der Waals surface area contributed by atoms with E-state index in [1.807, 2.05) is 0 Å². The molecule has 222 valence electrons. The number of amides is 1. The molecule has 5 rings (SSSR count). The normalized spacial score (nSPS) is 40.3. The smallest absolute Gasteiger partial charge is 0.326 e. The molecule has 0 spiro atoms. The van der Waals surface area contributed by atoms with E-state index in [-0.39, 0.29) is 47.0 Å². The van der Waals surface area contributed by atoms with Crippen LogP contribution in [0.5, 0.6) is 5.75 Å². The maximum atomic E-state index is 12.8. The molecule has 11 unspecified atom stereocenters. The largest absolute Gasteiger partial charge is 0.508 e. The fraction of sp³-hybridized carbons (Fsp3) is 0.758. The quantitative estimate of drug-likeness (QED) is 0.310. The van der Waals surface area contributed by atoms with Gasteiger partial charge in [0.2, 0.25) is 5.91 Å². The molecular formula is C33H49NO6. The Labute approximate surface area is 238 Å². The lowest BCUT2D eigenvalue weighted by molar-refractivity contribution is -0.172. The van der Waals surface area contributed by atoms with Gasteiger partial charge in [-0.05, 0) is 122 Å². The highest BCUT2D eigenvalue weighted by Gasteiger charge is 2.62. The second kappa shape index (κ2) is 11.3. The van der Waals surface area contributed by atoms with E-state index in [1.54, 1.807) is 12.1 Å². The van der Waals surface area contributed by atoms with Crippen LogP contribution in [0.2, 0.25) is 0 Å². The summed E-state index contributed by atoms with van der Waals surface area (Å²) in [6, 6.07) is 5.39. The first-order valence-corrected chi connectivity index (χ1v) is 15.6. The van der Waals surface area contributed by atoms with Crippen LogP contribution in [-0.2, 0) is 16.0 Å². The molecule has 0 heterocycles. The van der Waals surface area contributed by atoms with Gasteiger partial charge in [-0.1, -0.05) is 32.9 Å². The number of nitrogens with one attached hydrogen (secondary N) is 1. The molecule has 5 N–H and O–H groups in total. The zero-order valence-corrected chi connectivity index (χ0v) is 24.4. The minimum Gasteiger partial charge on any atom is -0.508 e. The van der Waals surface area contributed by atoms with Crippen LogP contribution in [0.1, 0.15) is 90.5 Å². The van der Waals surface area contributed by atoms with E-state index < -0.39 is 12.0 Å². The molecule has 4 fully saturated rings. The minimum atomic E-state index is -1.06. The predicted molar refractivity (Wildman–Crippen MR) is 152 cm³/mol. The predicted octanol–water partition coefficient (Wildman–Crippen LogP) is 4.91. The summed E-state index contributed by atoms with van der Waals surface area (Å²) >= 11 is 0. The number of rotatable bonds is 8. The van der Waals surface area contributed by atoms with E-state index in [4.69, 9.17) is 0 Å². The maximum Gasteiger partial charge on any atom is 0.326 e. The van der Waals surface area contributed by atoms with Gasteiger partial charge >= 0.3 is 5.97 Å². The number of carbonyl (C=O) groups excluding carboxylic acids is 1. The molecule has 1 aromatic carbocycles. The van der Waals surface area contributed by atoms with Crippen LogP contribution in [0.3, 0.4) is 0 Å². The van der Waals surface area contributed by atoms with Gasteiger partial charge in [0.05, 0.1) is 12.2 Å². The number of aliphatic hydroxyl groups excluding tert-OH is 2. The molecule has 4 aliphatic carbocycles. The van der Waals surface area contributed by atoms with Crippen molar-refractivity contribution in [2.45, 2.75) is 110 Å². The van der Waals surface area contributed by atoms with Crippen molar-refractivity contribution >= 4 is 11.9 Å². The molecule has 0 aliphatic heterocycles. The second-order valence-electron chi connectivity index (χ2n) is 14.3. The van der Waals surface area contributed by atoms with Gasteiger partial charge in [-0.25, -0.2) is 4.79 Å². The van der Waals surface area contributed by atoms with Crippen LogP contribution >= 0.6 is 0 Å². The molecule has 7 heteroatoms. The highest BCUT2D eigenvalue weighted by Crippen LogP contribution is 2.68. The average molecular weight is 556 g/mol. The SMILES string of the molecule is CC(CCC(=O)NC(Cc1ccc(O)cc1)C(=O)O)C1CCC2C3CC(O)C4CC(O)CCC4(C)C3CCC12C. The van der Waals surface area contributed by atoms with Crippen molar-refractivity contribution < 1.29 is 30.0 Å². The van der Waals surface area contributed by atoms with Gasteiger partial charge < -0.3 is 25.7 Å². The number of phenolic OH excluding ortho intramolecular Hbond substituents is 1. The van der Waals surface area contributed by atoms with Gasteiger partial charge in [-0.3, -0.25) is 4.79 Å². The van der Waals surface area contributed by atoms with Gasteiger partial charge in [-0.2, -0.15) is 0 Å². The fourth-order valence-electron chi connectivity index (χ4n) is 10.1. The Balaban J connectivity index is 1.19. The number of hydrogen-bond acceptors (Lipinski definition) is 5. The van der Waals surface area contributed by atoms with Crippen LogP contribution in [0.4, 0.5) is 0 Å². The summed E-state index contributed by atoms with van der Waals surface area (Å²) in [5.74, 6) is 1.67. The summed E-state index contributed by atoms with van der Waals surface area (Å²) in [4.78, 5) is 24.7. The van der Waals surface area contributed by atoms with Gasteiger partial charge in [0.15, 0.2) is 0 Å². The van der Waals surface area contributed by atoms with Gasteiger partial charge in [0.1, 0.15) is 11.8 Å². The number of aromatic hydroxyl groups is 1. The van der Waals surface area contributed by atoms with Crippen molar-refractivity contribution in [2.75, 3.05) is 0 Å². The van der Waals surface area contributed by atoms with Gasteiger partial charge in [0, 0.05) is 12.8 Å². The number of carboxylic acids is 1. The van der Waals surface area contributed by atoms with E-state index in [0.29, 0.717) is 36.0 Å². The Hall–Kier alpha value is -2.12. The van der Waals surface area contributed by atoms with Crippen LogP contribution in [0, 0.1) is 46.3 Å². The molecule has 0 saturated heterocycles. The molecule has 1 aromatic rings.